The van der Waals surface area contributed by atoms with Crippen molar-refractivity contribution in [2.45, 2.75) is 66.1 Å². The van der Waals surface area contributed by atoms with Gasteiger partial charge in [0.1, 0.15) is 0 Å². The lowest BCUT2D eigenvalue weighted by Gasteiger charge is -2.32. The molecule has 2 nitrogen and oxygen atoms in total. The van der Waals surface area contributed by atoms with Crippen LogP contribution < -0.4 is 4.98 Å². The average molecular weight is 200 g/mol. The molecule has 2 radical (unpaired) electrons. The normalized spacial score (nSPS) is 13.4. The van der Waals surface area contributed by atoms with E-state index in [0.29, 0.717) is 12.1 Å². The summed E-state index contributed by atoms with van der Waals surface area (Å²) in [5.41, 5.74) is 0.223. The summed E-state index contributed by atoms with van der Waals surface area (Å²) in [4.78, 5) is 3.54. The second-order valence-electron chi connectivity index (χ2n) is 5.08. The van der Waals surface area contributed by atoms with E-state index in [1.807, 2.05) is 0 Å². The molecule has 0 aliphatic rings. The molecular weight excluding hydrogens is 176 g/mol. The summed E-state index contributed by atoms with van der Waals surface area (Å²) in [5.74, 6) is 0. The molecule has 13 heavy (non-hydrogen) atoms. The van der Waals surface area contributed by atoms with E-state index < -0.39 is 0 Å². The number of nitrogens with one attached hydrogen (secondary N) is 1. The van der Waals surface area contributed by atoms with Crippen LogP contribution in [-0.4, -0.2) is 32.0 Å². The standard InChI is InChI=1S/C10H24N2Si/c1-8(2)12(9(3)4)13-11-10(5,6)7/h8-9,11H,1-7H3. The molecular formula is C10H24N2Si. The molecule has 3 heteroatoms. The molecule has 0 atom stereocenters. The Morgan fingerprint density at radius 2 is 1.38 bits per heavy atom. The van der Waals surface area contributed by atoms with Crippen molar-refractivity contribution >= 4 is 9.84 Å². The third-order valence-electron chi connectivity index (χ3n) is 1.67. The molecule has 0 heterocycles. The van der Waals surface area contributed by atoms with Crippen LogP contribution in [0.1, 0.15) is 48.5 Å². The number of rotatable bonds is 4. The zero-order valence-corrected chi connectivity index (χ0v) is 11.1. The summed E-state index contributed by atoms with van der Waals surface area (Å²) < 4.78 is 2.48. The predicted molar refractivity (Wildman–Crippen MR) is 60.8 cm³/mol. The van der Waals surface area contributed by atoms with Crippen molar-refractivity contribution in [2.24, 2.45) is 0 Å². The fourth-order valence-corrected chi connectivity index (χ4v) is 2.07. The van der Waals surface area contributed by atoms with Crippen LogP contribution in [0.4, 0.5) is 0 Å². The van der Waals surface area contributed by atoms with Crippen LogP contribution in [0.2, 0.25) is 0 Å². The summed E-state index contributed by atoms with van der Waals surface area (Å²) >= 11 is 0. The van der Waals surface area contributed by atoms with Crippen LogP contribution in [-0.2, 0) is 0 Å². The first-order chi connectivity index (χ1) is 5.74. The summed E-state index contributed by atoms with van der Waals surface area (Å²) in [6.07, 6.45) is 0. The van der Waals surface area contributed by atoms with Crippen LogP contribution in [0.25, 0.3) is 0 Å². The first kappa shape index (κ1) is 13.1. The second kappa shape index (κ2) is 5.13. The minimum Gasteiger partial charge on any atom is -0.321 e. The zero-order valence-electron chi connectivity index (χ0n) is 10.1. The lowest BCUT2D eigenvalue weighted by Crippen LogP contribution is -2.51. The molecule has 0 saturated heterocycles. The van der Waals surface area contributed by atoms with Crippen LogP contribution in [0.5, 0.6) is 0 Å². The lowest BCUT2D eigenvalue weighted by atomic mass is 10.1. The summed E-state index contributed by atoms with van der Waals surface area (Å²) in [5, 5.41) is 0. The van der Waals surface area contributed by atoms with E-state index in [-0.39, 0.29) is 5.54 Å². The van der Waals surface area contributed by atoms with Gasteiger partial charge in [0.05, 0.1) is 0 Å². The van der Waals surface area contributed by atoms with Gasteiger partial charge in [-0.15, -0.1) is 0 Å². The third kappa shape index (κ3) is 6.24. The summed E-state index contributed by atoms with van der Waals surface area (Å²) in [6.45, 7) is 15.6. The summed E-state index contributed by atoms with van der Waals surface area (Å²) in [6, 6.07) is 1.24. The molecule has 0 aromatic heterocycles. The van der Waals surface area contributed by atoms with Crippen molar-refractivity contribution in [3.63, 3.8) is 0 Å². The minimum absolute atomic E-state index is 0.223. The van der Waals surface area contributed by atoms with Crippen molar-refractivity contribution in [2.75, 3.05) is 0 Å². The van der Waals surface area contributed by atoms with Crippen LogP contribution in [0.3, 0.4) is 0 Å². The molecule has 1 N–H and O–H groups in total. The van der Waals surface area contributed by atoms with Gasteiger partial charge in [-0.05, 0) is 32.9 Å². The van der Waals surface area contributed by atoms with Crippen LogP contribution in [0, 0.1) is 0 Å². The Morgan fingerprint density at radius 3 is 1.62 bits per heavy atom. The molecule has 0 aromatic carbocycles. The molecule has 0 aliphatic carbocycles. The van der Waals surface area contributed by atoms with E-state index in [1.54, 1.807) is 0 Å². The van der Waals surface area contributed by atoms with Crippen LogP contribution in [0.15, 0.2) is 0 Å². The molecule has 0 amide bonds. The first-order valence-electron chi connectivity index (χ1n) is 5.05. The topological polar surface area (TPSA) is 15.3 Å². The number of nitrogens with zero attached hydrogens (tertiary/aromatic N) is 1. The Morgan fingerprint density at radius 1 is 1.00 bits per heavy atom. The first-order valence-corrected chi connectivity index (χ1v) is 6.00. The van der Waals surface area contributed by atoms with E-state index in [9.17, 15) is 0 Å². The second-order valence-corrected chi connectivity index (χ2v) is 6.07. The van der Waals surface area contributed by atoms with Crippen molar-refractivity contribution in [1.82, 2.24) is 9.55 Å². The Kier molecular flexibility index (Phi) is 5.18. The average Bonchev–Trinajstić information content (AvgIpc) is 1.82. The summed E-state index contributed by atoms with van der Waals surface area (Å²) in [7, 11) is 0.719. The molecule has 0 unspecified atom stereocenters. The molecule has 0 bridgehead atoms. The van der Waals surface area contributed by atoms with E-state index in [1.165, 1.54) is 0 Å². The van der Waals surface area contributed by atoms with Crippen molar-refractivity contribution in [3.05, 3.63) is 0 Å². The molecule has 0 rings (SSSR count). The smallest absolute Gasteiger partial charge is 0.249 e. The maximum absolute atomic E-state index is 3.54. The fraction of sp³-hybridized carbons (Fsp3) is 1.00. The van der Waals surface area contributed by atoms with Gasteiger partial charge in [-0.2, -0.15) is 0 Å². The van der Waals surface area contributed by atoms with Crippen LogP contribution >= 0.6 is 0 Å². The van der Waals surface area contributed by atoms with Gasteiger partial charge in [-0.1, -0.05) is 27.7 Å². The predicted octanol–water partition coefficient (Wildman–Crippen LogP) is 2.03. The molecule has 0 aromatic rings. The highest BCUT2D eigenvalue weighted by molar-refractivity contribution is 6.29. The Bertz CT molecular complexity index is 130. The molecule has 0 fully saturated rings. The molecule has 0 saturated carbocycles. The maximum Gasteiger partial charge on any atom is 0.249 e. The van der Waals surface area contributed by atoms with Crippen molar-refractivity contribution < 1.29 is 0 Å². The number of hydrogen-bond donors (Lipinski definition) is 1. The van der Waals surface area contributed by atoms with E-state index in [2.05, 4.69) is 58.0 Å². The van der Waals surface area contributed by atoms with E-state index in [0.717, 1.165) is 9.84 Å². The molecule has 78 valence electrons. The zero-order chi connectivity index (χ0) is 10.6. The monoisotopic (exact) mass is 200 g/mol. The number of hydrogen-bond acceptors (Lipinski definition) is 2. The maximum atomic E-state index is 3.54. The molecule has 0 spiro atoms. The fourth-order valence-electron chi connectivity index (χ4n) is 1.09. The Balaban J connectivity index is 3.98. The van der Waals surface area contributed by atoms with Crippen molar-refractivity contribution in [1.29, 1.82) is 0 Å². The van der Waals surface area contributed by atoms with Crippen molar-refractivity contribution in [3.8, 4) is 0 Å². The van der Waals surface area contributed by atoms with Gasteiger partial charge < -0.3 is 9.55 Å². The third-order valence-corrected chi connectivity index (χ3v) is 3.83. The van der Waals surface area contributed by atoms with Gasteiger partial charge in [0.15, 0.2) is 0 Å². The Hall–Kier alpha value is 0.137. The van der Waals surface area contributed by atoms with Gasteiger partial charge >= 0.3 is 0 Å². The van der Waals surface area contributed by atoms with Gasteiger partial charge in [0, 0.05) is 5.54 Å². The van der Waals surface area contributed by atoms with E-state index >= 15 is 0 Å². The van der Waals surface area contributed by atoms with Gasteiger partial charge in [-0.3, -0.25) is 0 Å². The Labute approximate surface area is 86.1 Å². The largest absolute Gasteiger partial charge is 0.321 e. The highest BCUT2D eigenvalue weighted by atomic mass is 28.2. The lowest BCUT2D eigenvalue weighted by molar-refractivity contribution is 0.301. The quantitative estimate of drug-likeness (QED) is 0.699. The highest BCUT2D eigenvalue weighted by Gasteiger charge is 2.17. The molecule has 0 aliphatic heterocycles. The van der Waals surface area contributed by atoms with Gasteiger partial charge in [0.2, 0.25) is 9.84 Å². The van der Waals surface area contributed by atoms with E-state index in [4.69, 9.17) is 0 Å². The highest BCUT2D eigenvalue weighted by Crippen LogP contribution is 2.04. The minimum atomic E-state index is 0.223. The SMILES string of the molecule is CC(C)N([Si]NC(C)(C)C)C(C)C. The van der Waals surface area contributed by atoms with Gasteiger partial charge in [-0.25, -0.2) is 0 Å². The van der Waals surface area contributed by atoms with Gasteiger partial charge in [0.25, 0.3) is 0 Å².